The number of benzene rings is 1. The minimum Gasteiger partial charge on any atom is -0.380 e. The summed E-state index contributed by atoms with van der Waals surface area (Å²) in [6.45, 7) is 0. The van der Waals surface area contributed by atoms with E-state index in [0.29, 0.717) is 5.69 Å². The Kier molecular flexibility index (Phi) is 6.98. The second-order valence-electron chi connectivity index (χ2n) is 6.22. The molecular weight excluding hydrogens is 268 g/mol. The van der Waals surface area contributed by atoms with Crippen molar-refractivity contribution in [3.8, 4) is 0 Å². The molecule has 1 N–H and O–H groups in total. The Morgan fingerprint density at radius 2 is 1.29 bits per heavy atom. The Bertz CT molecular complexity index is 408. The van der Waals surface area contributed by atoms with Crippen LogP contribution >= 0.6 is 0 Å². The number of rotatable bonds is 2. The van der Waals surface area contributed by atoms with Crippen molar-refractivity contribution >= 4 is 5.69 Å². The number of hydrogen-bond donors (Lipinski definition) is 1. The third-order valence-electron chi connectivity index (χ3n) is 4.39. The van der Waals surface area contributed by atoms with Crippen LogP contribution in [0.3, 0.4) is 0 Å². The first-order valence-corrected chi connectivity index (χ1v) is 8.47. The average molecular weight is 295 g/mol. The average Bonchev–Trinajstić information content (AvgIpc) is 2.45. The van der Waals surface area contributed by atoms with Gasteiger partial charge in [0.1, 0.15) is 11.6 Å². The van der Waals surface area contributed by atoms with Crippen molar-refractivity contribution in [3.05, 3.63) is 29.8 Å². The van der Waals surface area contributed by atoms with Crippen molar-refractivity contribution < 1.29 is 8.78 Å². The predicted octanol–water partition coefficient (Wildman–Crippen LogP) is 6.05. The van der Waals surface area contributed by atoms with Crippen molar-refractivity contribution in [2.24, 2.45) is 0 Å². The quantitative estimate of drug-likeness (QED) is 0.700. The maximum Gasteiger partial charge on any atom is 0.146 e. The summed E-state index contributed by atoms with van der Waals surface area (Å²) in [6.07, 6.45) is 13.6. The highest BCUT2D eigenvalue weighted by Gasteiger charge is 2.12. The van der Waals surface area contributed by atoms with Crippen molar-refractivity contribution in [2.45, 2.75) is 76.7 Å². The zero-order chi connectivity index (χ0) is 14.9. The first-order chi connectivity index (χ1) is 10.3. The molecule has 0 spiro atoms. The van der Waals surface area contributed by atoms with Crippen molar-refractivity contribution in [1.82, 2.24) is 0 Å². The second kappa shape index (κ2) is 9.01. The summed E-state index contributed by atoms with van der Waals surface area (Å²) in [6, 6.07) is 3.90. The molecule has 1 nitrogen and oxygen atoms in total. The van der Waals surface area contributed by atoms with Gasteiger partial charge in [0, 0.05) is 6.04 Å². The maximum atomic E-state index is 13.7. The van der Waals surface area contributed by atoms with Gasteiger partial charge in [-0.3, -0.25) is 0 Å². The van der Waals surface area contributed by atoms with Crippen LogP contribution in [0.1, 0.15) is 70.6 Å². The van der Waals surface area contributed by atoms with Gasteiger partial charge in [-0.05, 0) is 31.0 Å². The van der Waals surface area contributed by atoms with Crippen LogP contribution in [0.5, 0.6) is 0 Å². The van der Waals surface area contributed by atoms with Crippen LogP contribution < -0.4 is 5.32 Å². The van der Waals surface area contributed by atoms with E-state index in [1.54, 1.807) is 0 Å². The molecule has 1 saturated carbocycles. The first-order valence-electron chi connectivity index (χ1n) is 8.47. The van der Waals surface area contributed by atoms with Crippen LogP contribution in [0.15, 0.2) is 18.2 Å². The Labute approximate surface area is 127 Å². The Balaban J connectivity index is 1.92. The highest BCUT2D eigenvalue weighted by molar-refractivity contribution is 5.45. The largest absolute Gasteiger partial charge is 0.380 e. The third-order valence-corrected chi connectivity index (χ3v) is 4.39. The fraction of sp³-hybridized carbons (Fsp3) is 0.667. The zero-order valence-electron chi connectivity index (χ0n) is 12.8. The number of halogens is 2. The van der Waals surface area contributed by atoms with Gasteiger partial charge in [-0.2, -0.15) is 0 Å². The molecule has 0 amide bonds. The molecule has 2 rings (SSSR count). The summed E-state index contributed by atoms with van der Waals surface area (Å²) in [7, 11) is 0. The molecule has 0 radical (unpaired) electrons. The van der Waals surface area contributed by atoms with E-state index < -0.39 is 0 Å². The number of hydrogen-bond acceptors (Lipinski definition) is 1. The number of anilines is 1. The molecule has 1 aromatic rings. The molecule has 0 aromatic heterocycles. The van der Waals surface area contributed by atoms with E-state index in [4.69, 9.17) is 0 Å². The fourth-order valence-corrected chi connectivity index (χ4v) is 3.14. The van der Waals surface area contributed by atoms with Gasteiger partial charge in [0.15, 0.2) is 0 Å². The second-order valence-corrected chi connectivity index (χ2v) is 6.22. The zero-order valence-corrected chi connectivity index (χ0v) is 12.8. The topological polar surface area (TPSA) is 12.0 Å². The standard InChI is InChI=1S/C18H27F2N/c19-15-12-13-17(20)18(14-15)21-16-10-8-6-4-2-1-3-5-7-9-11-16/h12-14,16,21H,1-11H2. The van der Waals surface area contributed by atoms with Crippen molar-refractivity contribution in [3.63, 3.8) is 0 Å². The van der Waals surface area contributed by atoms with Crippen molar-refractivity contribution in [1.29, 1.82) is 0 Å². The summed E-state index contributed by atoms with van der Waals surface area (Å²) in [5.41, 5.74) is 0.312. The minimum absolute atomic E-state index is 0.265. The number of nitrogens with one attached hydrogen (secondary N) is 1. The molecular formula is C18H27F2N. The van der Waals surface area contributed by atoms with E-state index in [-0.39, 0.29) is 17.7 Å². The molecule has 1 fully saturated rings. The SMILES string of the molecule is Fc1ccc(F)c(NC2CCCCCCCCCCC2)c1. The highest BCUT2D eigenvalue weighted by Crippen LogP contribution is 2.22. The van der Waals surface area contributed by atoms with E-state index in [1.165, 1.54) is 76.0 Å². The molecule has 1 aliphatic rings. The molecule has 0 bridgehead atoms. The lowest BCUT2D eigenvalue weighted by Gasteiger charge is -2.21. The molecule has 0 unspecified atom stereocenters. The Morgan fingerprint density at radius 1 is 0.762 bits per heavy atom. The van der Waals surface area contributed by atoms with Gasteiger partial charge < -0.3 is 5.32 Å². The molecule has 1 aliphatic carbocycles. The molecule has 21 heavy (non-hydrogen) atoms. The fourth-order valence-electron chi connectivity index (χ4n) is 3.14. The van der Waals surface area contributed by atoms with Gasteiger partial charge in [0.25, 0.3) is 0 Å². The van der Waals surface area contributed by atoms with Gasteiger partial charge in [0.05, 0.1) is 5.69 Å². The smallest absolute Gasteiger partial charge is 0.146 e. The van der Waals surface area contributed by atoms with Crippen LogP contribution in [0.4, 0.5) is 14.5 Å². The summed E-state index contributed by atoms with van der Waals surface area (Å²) < 4.78 is 27.0. The summed E-state index contributed by atoms with van der Waals surface area (Å²) in [5.74, 6) is -0.741. The van der Waals surface area contributed by atoms with E-state index in [2.05, 4.69) is 5.32 Å². The molecule has 0 saturated heterocycles. The molecule has 0 atom stereocenters. The van der Waals surface area contributed by atoms with E-state index in [9.17, 15) is 8.78 Å². The predicted molar refractivity (Wildman–Crippen MR) is 84.6 cm³/mol. The highest BCUT2D eigenvalue weighted by atomic mass is 19.1. The van der Waals surface area contributed by atoms with E-state index >= 15 is 0 Å². The first kappa shape index (κ1) is 16.3. The summed E-state index contributed by atoms with van der Waals surface area (Å²) in [4.78, 5) is 0. The molecule has 0 aliphatic heterocycles. The maximum absolute atomic E-state index is 13.7. The monoisotopic (exact) mass is 295 g/mol. The lowest BCUT2D eigenvalue weighted by atomic mass is 9.97. The summed E-state index contributed by atoms with van der Waals surface area (Å²) in [5, 5.41) is 3.23. The van der Waals surface area contributed by atoms with Crippen LogP contribution in [-0.4, -0.2) is 6.04 Å². The minimum atomic E-state index is -0.382. The third kappa shape index (κ3) is 6.03. The van der Waals surface area contributed by atoms with Crippen molar-refractivity contribution in [2.75, 3.05) is 5.32 Å². The van der Waals surface area contributed by atoms with Gasteiger partial charge in [-0.15, -0.1) is 0 Å². The van der Waals surface area contributed by atoms with Gasteiger partial charge >= 0.3 is 0 Å². The summed E-state index contributed by atoms with van der Waals surface area (Å²) >= 11 is 0. The molecule has 118 valence electrons. The van der Waals surface area contributed by atoms with Gasteiger partial charge in [-0.25, -0.2) is 8.78 Å². The molecule has 1 aromatic carbocycles. The van der Waals surface area contributed by atoms with Crippen LogP contribution in [0.2, 0.25) is 0 Å². The van der Waals surface area contributed by atoms with Gasteiger partial charge in [-0.1, -0.05) is 57.8 Å². The Morgan fingerprint density at radius 3 is 1.86 bits per heavy atom. The van der Waals surface area contributed by atoms with E-state index in [1.807, 2.05) is 0 Å². The van der Waals surface area contributed by atoms with Crippen LogP contribution in [-0.2, 0) is 0 Å². The molecule has 3 heteroatoms. The Hall–Kier alpha value is -1.12. The molecule has 0 heterocycles. The normalized spacial score (nSPS) is 19.5. The van der Waals surface area contributed by atoms with Gasteiger partial charge in [0.2, 0.25) is 0 Å². The van der Waals surface area contributed by atoms with E-state index in [0.717, 1.165) is 12.8 Å². The lowest BCUT2D eigenvalue weighted by Crippen LogP contribution is -2.20. The van der Waals surface area contributed by atoms with Crippen LogP contribution in [0, 0.1) is 11.6 Å². The van der Waals surface area contributed by atoms with Crippen LogP contribution in [0.25, 0.3) is 0 Å². The lowest BCUT2D eigenvalue weighted by molar-refractivity contribution is 0.478.